The van der Waals surface area contributed by atoms with Gasteiger partial charge in [-0.25, -0.2) is 4.98 Å². The van der Waals surface area contributed by atoms with Crippen LogP contribution in [0.2, 0.25) is 0 Å². The van der Waals surface area contributed by atoms with Crippen LogP contribution >= 0.6 is 0 Å². The van der Waals surface area contributed by atoms with Crippen molar-refractivity contribution in [3.05, 3.63) is 72.6 Å². The van der Waals surface area contributed by atoms with E-state index in [4.69, 9.17) is 20.1 Å². The number of benzene rings is 2. The quantitative estimate of drug-likeness (QED) is 0.357. The van der Waals surface area contributed by atoms with E-state index in [2.05, 4.69) is 28.2 Å². The van der Waals surface area contributed by atoms with E-state index in [1.165, 1.54) is 12.8 Å². The minimum absolute atomic E-state index is 0.292. The van der Waals surface area contributed by atoms with Crippen molar-refractivity contribution in [2.45, 2.75) is 30.9 Å². The predicted molar refractivity (Wildman–Crippen MR) is 127 cm³/mol. The molecule has 6 rings (SSSR count). The summed E-state index contributed by atoms with van der Waals surface area (Å²) >= 11 is 0. The number of hydrogen-bond donors (Lipinski definition) is 0. The Balaban J connectivity index is 1.55. The maximum atomic E-state index is 6.64. The van der Waals surface area contributed by atoms with Crippen LogP contribution in [-0.2, 0) is 5.21 Å². The third-order valence-corrected chi connectivity index (χ3v) is 6.81. The Morgan fingerprint density at radius 2 is 1.71 bits per heavy atom. The lowest BCUT2D eigenvalue weighted by atomic mass is 9.45. The molecule has 31 heavy (non-hydrogen) atoms. The topological polar surface area (TPSA) is 38.9 Å². The number of hydrogen-bond acceptors (Lipinski definition) is 3. The summed E-state index contributed by atoms with van der Waals surface area (Å²) in [6, 6.07) is 18.4. The van der Waals surface area contributed by atoms with Crippen LogP contribution in [0.15, 0.2) is 71.4 Å². The normalized spacial score (nSPS) is 15.4. The van der Waals surface area contributed by atoms with Gasteiger partial charge < -0.3 is 4.42 Å². The molecule has 1 aliphatic carbocycles. The maximum Gasteiger partial charge on any atom is 0.227 e. The summed E-state index contributed by atoms with van der Waals surface area (Å²) in [6.07, 6.45) is 8.18. The predicted octanol–water partition coefficient (Wildman–Crippen LogP) is 5.88. The molecule has 1 saturated carbocycles. The van der Waals surface area contributed by atoms with Crippen LogP contribution in [-0.4, -0.2) is 25.7 Å². The fourth-order valence-corrected chi connectivity index (χ4v) is 5.11. The minimum Gasteiger partial charge on any atom is -0.437 e. The first-order chi connectivity index (χ1) is 15.1. The molecule has 3 aromatic heterocycles. The zero-order chi connectivity index (χ0) is 21.0. The van der Waals surface area contributed by atoms with Crippen LogP contribution in [0.1, 0.15) is 31.2 Å². The highest BCUT2D eigenvalue weighted by Crippen LogP contribution is 2.41. The van der Waals surface area contributed by atoms with Gasteiger partial charge in [0.05, 0.1) is 26.8 Å². The standard InChI is InChI=1S/C26H20B2N2O/c27-26(28,17-7-2-3-8-17)18-12-13-29-22(14-18)20-10-5-11-21-23-19-9-4-1-6-16(19)15-30-25(23)31-24(20)21/h1,4-6,9-15,17H,2-3,7-8H2. The third-order valence-electron chi connectivity index (χ3n) is 6.81. The van der Waals surface area contributed by atoms with Crippen LogP contribution in [0, 0.1) is 5.92 Å². The van der Waals surface area contributed by atoms with Crippen molar-refractivity contribution in [2.75, 3.05) is 0 Å². The van der Waals surface area contributed by atoms with Gasteiger partial charge >= 0.3 is 0 Å². The maximum absolute atomic E-state index is 6.64. The van der Waals surface area contributed by atoms with Gasteiger partial charge in [-0.3, -0.25) is 4.98 Å². The average Bonchev–Trinajstić information content (AvgIpc) is 3.47. The summed E-state index contributed by atoms with van der Waals surface area (Å²) in [5.41, 5.74) is 4.07. The van der Waals surface area contributed by atoms with Crippen LogP contribution in [0.5, 0.6) is 0 Å². The highest BCUT2D eigenvalue weighted by atomic mass is 16.3. The molecule has 0 amide bonds. The lowest BCUT2D eigenvalue weighted by Crippen LogP contribution is -2.35. The molecule has 0 bridgehead atoms. The minimum atomic E-state index is -0.853. The molecule has 1 fully saturated rings. The lowest BCUT2D eigenvalue weighted by Gasteiger charge is -2.33. The van der Waals surface area contributed by atoms with Crippen molar-refractivity contribution in [3.8, 4) is 11.3 Å². The zero-order valence-corrected chi connectivity index (χ0v) is 17.2. The first-order valence-electron chi connectivity index (χ1n) is 10.9. The van der Waals surface area contributed by atoms with Crippen LogP contribution in [0.4, 0.5) is 0 Å². The van der Waals surface area contributed by atoms with Gasteiger partial charge in [0.25, 0.3) is 0 Å². The smallest absolute Gasteiger partial charge is 0.227 e. The van der Waals surface area contributed by atoms with Gasteiger partial charge in [-0.05, 0) is 29.5 Å². The number of nitrogens with zero attached hydrogens (tertiary/aromatic N) is 2. The van der Waals surface area contributed by atoms with Crippen LogP contribution in [0.25, 0.3) is 44.1 Å². The Hall–Kier alpha value is -3.07. The summed E-state index contributed by atoms with van der Waals surface area (Å²) in [5, 5.41) is 3.44. The molecular weight excluding hydrogens is 378 g/mol. The van der Waals surface area contributed by atoms with E-state index < -0.39 is 5.21 Å². The molecule has 146 valence electrons. The summed E-state index contributed by atoms with van der Waals surface area (Å²) < 4.78 is 6.26. The molecule has 0 saturated heterocycles. The second-order valence-corrected chi connectivity index (χ2v) is 8.65. The van der Waals surface area contributed by atoms with Gasteiger partial charge in [-0.1, -0.05) is 72.9 Å². The number of rotatable bonds is 3. The van der Waals surface area contributed by atoms with Gasteiger partial charge in [0.1, 0.15) is 5.58 Å². The summed E-state index contributed by atoms with van der Waals surface area (Å²) in [4.78, 5) is 9.20. The largest absolute Gasteiger partial charge is 0.437 e. The molecule has 5 aromatic rings. The summed E-state index contributed by atoms with van der Waals surface area (Å²) in [5.74, 6) is 0.292. The molecule has 0 aliphatic heterocycles. The number of fused-ring (bicyclic) bond motifs is 5. The van der Waals surface area contributed by atoms with E-state index in [-0.39, 0.29) is 0 Å². The third kappa shape index (κ3) is 2.90. The van der Waals surface area contributed by atoms with Crippen molar-refractivity contribution < 1.29 is 4.42 Å². The van der Waals surface area contributed by atoms with Crippen molar-refractivity contribution in [1.82, 2.24) is 9.97 Å². The lowest BCUT2D eigenvalue weighted by molar-refractivity contribution is 0.486. The van der Waals surface area contributed by atoms with E-state index in [1.54, 1.807) is 6.20 Å². The van der Waals surface area contributed by atoms with Crippen molar-refractivity contribution in [3.63, 3.8) is 0 Å². The molecule has 4 radical (unpaired) electrons. The number of pyridine rings is 2. The molecule has 1 aliphatic rings. The molecule has 2 aromatic carbocycles. The van der Waals surface area contributed by atoms with Crippen LogP contribution < -0.4 is 0 Å². The molecule has 0 unspecified atom stereocenters. The van der Waals surface area contributed by atoms with Gasteiger partial charge in [-0.2, -0.15) is 0 Å². The summed E-state index contributed by atoms with van der Waals surface area (Å²) in [6.45, 7) is 0. The Morgan fingerprint density at radius 3 is 2.58 bits per heavy atom. The first-order valence-corrected chi connectivity index (χ1v) is 10.9. The molecular formula is C26H20B2N2O. The SMILES string of the molecule is [B]C([B])(c1ccnc(-c2cccc3c2oc2ncc4ccccc4c23)c1)C1CCCC1. The fraction of sp³-hybridized carbons (Fsp3) is 0.231. The monoisotopic (exact) mass is 398 g/mol. The Kier molecular flexibility index (Phi) is 4.21. The van der Waals surface area contributed by atoms with Gasteiger partial charge in [0.15, 0.2) is 0 Å². The van der Waals surface area contributed by atoms with Gasteiger partial charge in [0, 0.05) is 28.7 Å². The van der Waals surface area contributed by atoms with Crippen molar-refractivity contribution in [2.24, 2.45) is 5.92 Å². The highest BCUT2D eigenvalue weighted by molar-refractivity contribution is 6.40. The van der Waals surface area contributed by atoms with Gasteiger partial charge in [-0.15, -0.1) is 0 Å². The molecule has 0 N–H and O–H groups in total. The molecule has 3 heterocycles. The first kappa shape index (κ1) is 18.7. The second kappa shape index (κ2) is 6.98. The van der Waals surface area contributed by atoms with Gasteiger partial charge in [0.2, 0.25) is 5.71 Å². The Labute approximate surface area is 183 Å². The average molecular weight is 398 g/mol. The van der Waals surface area contributed by atoms with Crippen molar-refractivity contribution >= 4 is 48.5 Å². The Bertz CT molecular complexity index is 1430. The zero-order valence-electron chi connectivity index (χ0n) is 17.2. The molecule has 5 heteroatoms. The second-order valence-electron chi connectivity index (χ2n) is 8.65. The molecule has 0 atom stereocenters. The van der Waals surface area contributed by atoms with E-state index in [1.807, 2.05) is 42.6 Å². The summed E-state index contributed by atoms with van der Waals surface area (Å²) in [7, 11) is 13.3. The number of aromatic nitrogens is 2. The fourth-order valence-electron chi connectivity index (χ4n) is 5.11. The van der Waals surface area contributed by atoms with Crippen molar-refractivity contribution in [1.29, 1.82) is 0 Å². The number of para-hydroxylation sites is 1. The van der Waals surface area contributed by atoms with E-state index in [0.29, 0.717) is 11.6 Å². The molecule has 3 nitrogen and oxygen atoms in total. The van der Waals surface area contributed by atoms with E-state index in [0.717, 1.165) is 56.8 Å². The highest BCUT2D eigenvalue weighted by Gasteiger charge is 2.32. The molecule has 0 spiro atoms. The number of furan rings is 1. The van der Waals surface area contributed by atoms with E-state index in [9.17, 15) is 0 Å². The van der Waals surface area contributed by atoms with Crippen LogP contribution in [0.3, 0.4) is 0 Å². The Morgan fingerprint density at radius 1 is 0.903 bits per heavy atom. The van der Waals surface area contributed by atoms with E-state index >= 15 is 0 Å².